The van der Waals surface area contributed by atoms with Gasteiger partial charge in [-0.05, 0) is 42.0 Å². The van der Waals surface area contributed by atoms with E-state index in [1.807, 2.05) is 0 Å². The smallest absolute Gasteiger partial charge is 0.433 e. The van der Waals surface area contributed by atoms with Crippen molar-refractivity contribution in [1.29, 1.82) is 0 Å². The molecule has 2 aromatic carbocycles. The van der Waals surface area contributed by atoms with Gasteiger partial charge in [-0.1, -0.05) is 29.8 Å². The molecule has 1 saturated heterocycles. The monoisotopic (exact) mass is 594 g/mol. The van der Waals surface area contributed by atoms with Crippen LogP contribution in [-0.2, 0) is 20.9 Å². The van der Waals surface area contributed by atoms with Crippen LogP contribution in [0.3, 0.4) is 0 Å². The van der Waals surface area contributed by atoms with E-state index in [1.165, 1.54) is 16.4 Å². The maximum Gasteiger partial charge on any atom is 0.433 e. The summed E-state index contributed by atoms with van der Waals surface area (Å²) in [6.45, 7) is 0.140. The number of rotatable bonds is 7. The average Bonchev–Trinajstić information content (AvgIpc) is 3.32. The third-order valence-electron chi connectivity index (χ3n) is 6.34. The van der Waals surface area contributed by atoms with Crippen molar-refractivity contribution in [2.24, 2.45) is 5.73 Å². The van der Waals surface area contributed by atoms with Crippen LogP contribution in [0.5, 0.6) is 5.75 Å². The van der Waals surface area contributed by atoms with Crippen molar-refractivity contribution < 1.29 is 35.9 Å². The van der Waals surface area contributed by atoms with Gasteiger partial charge in [0.1, 0.15) is 34.7 Å². The molecule has 14 heteroatoms. The Labute approximate surface area is 231 Å². The number of nitrogens with zero attached hydrogens (tertiary/aromatic N) is 2. The fourth-order valence-corrected chi connectivity index (χ4v) is 6.35. The van der Waals surface area contributed by atoms with Crippen molar-refractivity contribution in [1.82, 2.24) is 14.3 Å². The van der Waals surface area contributed by atoms with Gasteiger partial charge in [0.2, 0.25) is 10.0 Å². The van der Waals surface area contributed by atoms with Crippen LogP contribution in [0.4, 0.5) is 13.2 Å². The van der Waals surface area contributed by atoms with Gasteiger partial charge in [0.05, 0.1) is 6.61 Å². The molecular formula is C26H22ClF3N4O5S. The summed E-state index contributed by atoms with van der Waals surface area (Å²) in [5, 5.41) is 0.553. The first-order valence-corrected chi connectivity index (χ1v) is 13.7. The molecule has 1 fully saturated rings. The number of carbonyl (C=O) groups is 1. The molecular weight excluding hydrogens is 573 g/mol. The van der Waals surface area contributed by atoms with Crippen LogP contribution in [0.15, 0.2) is 65.7 Å². The molecule has 0 radical (unpaired) electrons. The summed E-state index contributed by atoms with van der Waals surface area (Å²) >= 11 is 6.09. The number of nitrogens with two attached hydrogens (primary N) is 1. The van der Waals surface area contributed by atoms with E-state index in [1.54, 1.807) is 36.4 Å². The zero-order valence-electron chi connectivity index (χ0n) is 20.6. The molecule has 9 nitrogen and oxygen atoms in total. The van der Waals surface area contributed by atoms with Gasteiger partial charge in [0.25, 0.3) is 5.91 Å². The summed E-state index contributed by atoms with van der Waals surface area (Å²) in [5.74, 6) is -0.468. The van der Waals surface area contributed by atoms with Gasteiger partial charge in [-0.3, -0.25) is 9.78 Å². The maximum atomic E-state index is 13.7. The molecule has 1 amide bonds. The normalized spacial score (nSPS) is 16.8. The summed E-state index contributed by atoms with van der Waals surface area (Å²) in [6.07, 6.45) is -3.98. The number of aromatic nitrogens is 2. The Balaban J connectivity index is 1.28. The van der Waals surface area contributed by atoms with Gasteiger partial charge in [0.15, 0.2) is 0 Å². The number of morpholine rings is 1. The van der Waals surface area contributed by atoms with Crippen LogP contribution in [0.2, 0.25) is 5.02 Å². The highest BCUT2D eigenvalue weighted by molar-refractivity contribution is 7.89. The van der Waals surface area contributed by atoms with E-state index in [0.717, 1.165) is 12.3 Å². The van der Waals surface area contributed by atoms with E-state index in [4.69, 9.17) is 26.8 Å². The minimum absolute atomic E-state index is 0.0234. The molecule has 0 aliphatic carbocycles. The van der Waals surface area contributed by atoms with Crippen molar-refractivity contribution in [3.05, 3.63) is 77.2 Å². The maximum absolute atomic E-state index is 13.7. The number of alkyl halides is 3. The largest absolute Gasteiger partial charge is 0.491 e. The Kier molecular flexibility index (Phi) is 7.48. The molecule has 0 saturated carbocycles. The Morgan fingerprint density at radius 1 is 1.15 bits per heavy atom. The molecule has 2 aromatic heterocycles. The number of sulfonamides is 1. The lowest BCUT2D eigenvalue weighted by molar-refractivity contribution is -0.141. The molecule has 3 heterocycles. The van der Waals surface area contributed by atoms with Crippen LogP contribution >= 0.6 is 11.6 Å². The summed E-state index contributed by atoms with van der Waals surface area (Å²) in [4.78, 5) is 18.1. The summed E-state index contributed by atoms with van der Waals surface area (Å²) in [5.41, 5.74) is 5.82. The lowest BCUT2D eigenvalue weighted by atomic mass is 10.1. The minimum atomic E-state index is -4.51. The second kappa shape index (κ2) is 10.7. The van der Waals surface area contributed by atoms with Crippen LogP contribution in [0, 0.1) is 0 Å². The summed E-state index contributed by atoms with van der Waals surface area (Å²) < 4.78 is 78.3. The number of fused-ring (bicyclic) bond motifs is 1. The first-order valence-electron chi connectivity index (χ1n) is 11.9. The number of amides is 1. The van der Waals surface area contributed by atoms with Gasteiger partial charge < -0.3 is 20.2 Å². The van der Waals surface area contributed by atoms with Gasteiger partial charge >= 0.3 is 6.18 Å². The first-order chi connectivity index (χ1) is 18.9. The fourth-order valence-electron chi connectivity index (χ4n) is 4.39. The predicted molar refractivity (Wildman–Crippen MR) is 140 cm³/mol. The number of nitrogens with one attached hydrogen (secondary N) is 1. The number of primary amides is 1. The van der Waals surface area contributed by atoms with Crippen LogP contribution < -0.4 is 10.5 Å². The second-order valence-corrected chi connectivity index (χ2v) is 11.3. The van der Waals surface area contributed by atoms with Crippen molar-refractivity contribution in [2.45, 2.75) is 17.2 Å². The number of hydrogen-bond acceptors (Lipinski definition) is 6. The van der Waals surface area contributed by atoms with E-state index in [2.05, 4.69) is 9.97 Å². The highest BCUT2D eigenvalue weighted by Crippen LogP contribution is 2.33. The van der Waals surface area contributed by atoms with Gasteiger partial charge in [-0.15, -0.1) is 0 Å². The number of aromatic amines is 1. The Bertz CT molecular complexity index is 1660. The molecule has 1 atom stereocenters. The van der Waals surface area contributed by atoms with Crippen LogP contribution in [-0.4, -0.2) is 61.0 Å². The topological polar surface area (TPSA) is 128 Å². The number of pyridine rings is 1. The third kappa shape index (κ3) is 5.63. The molecule has 210 valence electrons. The number of ether oxygens (including phenoxy) is 2. The molecule has 3 N–H and O–H groups in total. The van der Waals surface area contributed by atoms with Gasteiger partial charge in [-0.2, -0.15) is 17.5 Å². The van der Waals surface area contributed by atoms with Crippen molar-refractivity contribution in [3.63, 3.8) is 0 Å². The zero-order chi connectivity index (χ0) is 28.7. The van der Waals surface area contributed by atoms with Crippen molar-refractivity contribution in [2.75, 3.05) is 26.3 Å². The van der Waals surface area contributed by atoms with Gasteiger partial charge in [0, 0.05) is 40.8 Å². The number of benzene rings is 2. The number of halogens is 4. The van der Waals surface area contributed by atoms with Crippen molar-refractivity contribution in [3.8, 4) is 16.9 Å². The minimum Gasteiger partial charge on any atom is -0.491 e. The molecule has 1 aliphatic rings. The van der Waals surface area contributed by atoms with E-state index < -0.39 is 33.9 Å². The SMILES string of the molecule is NC(=O)c1[nH]c2ccc(Cl)cc2c1S(=O)(=O)N1CCO[C@H](COc2ccc(-c3ccc(C(F)(F)F)nc3)cc2)C1. The molecule has 0 unspecified atom stereocenters. The molecule has 1 aliphatic heterocycles. The third-order valence-corrected chi connectivity index (χ3v) is 8.52. The molecule has 0 spiro atoms. The van der Waals surface area contributed by atoms with E-state index in [9.17, 15) is 26.4 Å². The lowest BCUT2D eigenvalue weighted by Crippen LogP contribution is -2.47. The molecule has 4 aromatic rings. The van der Waals surface area contributed by atoms with Gasteiger partial charge in [-0.25, -0.2) is 8.42 Å². The summed E-state index contributed by atoms with van der Waals surface area (Å²) in [7, 11) is -4.17. The molecule has 40 heavy (non-hydrogen) atoms. The highest BCUT2D eigenvalue weighted by Gasteiger charge is 2.36. The quantitative estimate of drug-likeness (QED) is 0.325. The fraction of sp³-hybridized carbons (Fsp3) is 0.231. The van der Waals surface area contributed by atoms with E-state index in [0.29, 0.717) is 27.4 Å². The van der Waals surface area contributed by atoms with E-state index in [-0.39, 0.29) is 42.3 Å². The van der Waals surface area contributed by atoms with Crippen molar-refractivity contribution >= 4 is 38.4 Å². The second-order valence-electron chi connectivity index (χ2n) is 9.00. The lowest BCUT2D eigenvalue weighted by Gasteiger charge is -2.32. The number of H-pyrrole nitrogens is 1. The standard InChI is InChI=1S/C26H22ClF3N4O5S/c27-17-4-7-21-20(11-17)24(23(33-21)25(31)35)40(36,37)34-9-10-38-19(13-34)14-39-18-5-1-15(2-6-18)16-3-8-22(32-12-16)26(28,29)30/h1-8,11-12,19,33H,9-10,13-14H2,(H2,31,35)/t19-/m0/s1. The summed E-state index contributed by atoms with van der Waals surface area (Å²) in [6, 6.07) is 13.5. The first kappa shape index (κ1) is 27.9. The molecule has 0 bridgehead atoms. The predicted octanol–water partition coefficient (Wildman–Crippen LogP) is 4.47. The Morgan fingerprint density at radius 3 is 2.52 bits per heavy atom. The number of carbonyl (C=O) groups excluding carboxylic acids is 1. The average molecular weight is 595 g/mol. The van der Waals surface area contributed by atoms with Crippen LogP contribution in [0.25, 0.3) is 22.0 Å². The van der Waals surface area contributed by atoms with E-state index >= 15 is 0 Å². The molecule has 5 rings (SSSR count). The Morgan fingerprint density at radius 2 is 1.88 bits per heavy atom. The zero-order valence-corrected chi connectivity index (χ0v) is 22.2. The highest BCUT2D eigenvalue weighted by atomic mass is 35.5. The number of hydrogen-bond donors (Lipinski definition) is 2. The Hall–Kier alpha value is -3.65. The van der Waals surface area contributed by atoms with Crippen LogP contribution in [0.1, 0.15) is 16.2 Å².